The number of aliphatic hydroxyl groups is 1. The number of rotatable bonds is 4. The molecule has 23 heavy (non-hydrogen) atoms. The molecular weight excluding hydrogens is 312 g/mol. The average Bonchev–Trinajstić information content (AvgIpc) is 3.13. The molecule has 0 aromatic carbocycles. The molecule has 7 heteroatoms. The van der Waals surface area contributed by atoms with Crippen LogP contribution in [0.1, 0.15) is 44.8 Å². The number of aliphatic hydroxyl groups excluding tert-OH is 1. The lowest BCUT2D eigenvalue weighted by molar-refractivity contribution is 0.0709. The van der Waals surface area contributed by atoms with Crippen LogP contribution < -0.4 is 0 Å². The van der Waals surface area contributed by atoms with Crippen molar-refractivity contribution in [3.05, 3.63) is 33.5 Å². The van der Waals surface area contributed by atoms with Gasteiger partial charge in [0.25, 0.3) is 5.91 Å². The Balaban J connectivity index is 1.72. The van der Waals surface area contributed by atoms with Gasteiger partial charge in [-0.05, 0) is 32.8 Å². The fourth-order valence-corrected chi connectivity index (χ4v) is 3.99. The van der Waals surface area contributed by atoms with Crippen LogP contribution in [0.2, 0.25) is 0 Å². The third kappa shape index (κ3) is 3.45. The predicted octanol–water partition coefficient (Wildman–Crippen LogP) is 1.97. The van der Waals surface area contributed by atoms with Crippen LogP contribution in [-0.4, -0.2) is 50.4 Å². The molecule has 0 unspecified atom stereocenters. The highest BCUT2D eigenvalue weighted by molar-refractivity contribution is 7.13. The standard InChI is InChI=1S/C16H22N4O2S/c1-11-15(23-12(2)17-11)16(22)19-6-3-4-13(10-19)14-5-7-20(18-14)8-9-21/h5,7,13,21H,3-4,6,8-10H2,1-2H3/t13-/m0/s1. The van der Waals surface area contributed by atoms with Crippen molar-refractivity contribution < 1.29 is 9.90 Å². The number of aryl methyl sites for hydroxylation is 2. The molecule has 0 spiro atoms. The van der Waals surface area contributed by atoms with E-state index in [4.69, 9.17) is 5.11 Å². The number of amides is 1. The summed E-state index contributed by atoms with van der Waals surface area (Å²) in [7, 11) is 0. The minimum atomic E-state index is 0.0837. The van der Waals surface area contributed by atoms with Crippen LogP contribution in [0.25, 0.3) is 0 Å². The molecule has 3 rings (SSSR count). The number of nitrogens with zero attached hydrogens (tertiary/aromatic N) is 4. The summed E-state index contributed by atoms with van der Waals surface area (Å²) in [5.74, 6) is 0.356. The van der Waals surface area contributed by atoms with Crippen molar-refractivity contribution in [2.75, 3.05) is 19.7 Å². The summed E-state index contributed by atoms with van der Waals surface area (Å²) >= 11 is 1.47. The zero-order valence-corrected chi connectivity index (χ0v) is 14.3. The lowest BCUT2D eigenvalue weighted by Crippen LogP contribution is -2.39. The molecule has 3 heterocycles. The van der Waals surface area contributed by atoms with Gasteiger partial charge in [0.15, 0.2) is 0 Å². The number of carbonyl (C=O) groups excluding carboxylic acids is 1. The van der Waals surface area contributed by atoms with Gasteiger partial charge in [-0.2, -0.15) is 5.10 Å². The Morgan fingerprint density at radius 3 is 3.00 bits per heavy atom. The monoisotopic (exact) mass is 334 g/mol. The highest BCUT2D eigenvalue weighted by Gasteiger charge is 2.28. The molecule has 2 aromatic heterocycles. The third-order valence-corrected chi connectivity index (χ3v) is 5.28. The van der Waals surface area contributed by atoms with Gasteiger partial charge in [0.2, 0.25) is 0 Å². The van der Waals surface area contributed by atoms with Gasteiger partial charge in [0.05, 0.1) is 29.5 Å². The molecule has 1 fully saturated rings. The SMILES string of the molecule is Cc1nc(C)c(C(=O)N2CCC[C@H](c3ccn(CCO)n3)C2)s1. The summed E-state index contributed by atoms with van der Waals surface area (Å²) in [5.41, 5.74) is 1.83. The summed E-state index contributed by atoms with van der Waals surface area (Å²) < 4.78 is 1.76. The summed E-state index contributed by atoms with van der Waals surface area (Å²) in [5, 5.41) is 14.4. The molecule has 1 aliphatic heterocycles. The molecule has 1 aliphatic rings. The number of hydrogen-bond donors (Lipinski definition) is 1. The minimum absolute atomic E-state index is 0.0837. The second-order valence-corrected chi connectivity index (χ2v) is 7.17. The highest BCUT2D eigenvalue weighted by Crippen LogP contribution is 2.28. The van der Waals surface area contributed by atoms with E-state index in [1.165, 1.54) is 11.3 Å². The second kappa shape index (κ2) is 6.80. The maximum Gasteiger partial charge on any atom is 0.265 e. The first-order valence-electron chi connectivity index (χ1n) is 7.96. The molecule has 6 nitrogen and oxygen atoms in total. The van der Waals surface area contributed by atoms with Gasteiger partial charge in [-0.15, -0.1) is 11.3 Å². The molecule has 0 saturated carbocycles. The van der Waals surface area contributed by atoms with Crippen molar-refractivity contribution >= 4 is 17.2 Å². The molecule has 0 radical (unpaired) electrons. The number of thiazole rings is 1. The van der Waals surface area contributed by atoms with Crippen LogP contribution in [0.15, 0.2) is 12.3 Å². The Hall–Kier alpha value is -1.73. The van der Waals surface area contributed by atoms with Crippen LogP contribution >= 0.6 is 11.3 Å². The fraction of sp³-hybridized carbons (Fsp3) is 0.562. The van der Waals surface area contributed by atoms with E-state index in [1.807, 2.05) is 31.0 Å². The topological polar surface area (TPSA) is 71.2 Å². The fourth-order valence-electron chi connectivity index (χ4n) is 3.10. The summed E-state index contributed by atoms with van der Waals surface area (Å²) in [6, 6.07) is 2.00. The van der Waals surface area contributed by atoms with Gasteiger partial charge >= 0.3 is 0 Å². The first kappa shape index (κ1) is 16.1. The largest absolute Gasteiger partial charge is 0.394 e. The normalized spacial score (nSPS) is 18.4. The van der Waals surface area contributed by atoms with Crippen LogP contribution in [0.4, 0.5) is 0 Å². The van der Waals surface area contributed by atoms with Crippen molar-refractivity contribution in [3.63, 3.8) is 0 Å². The van der Waals surface area contributed by atoms with E-state index < -0.39 is 0 Å². The molecule has 1 amide bonds. The van der Waals surface area contributed by atoms with E-state index in [0.717, 1.165) is 40.7 Å². The summed E-state index contributed by atoms with van der Waals surface area (Å²) in [4.78, 5) is 19.8. The van der Waals surface area contributed by atoms with Gasteiger partial charge < -0.3 is 10.0 Å². The van der Waals surface area contributed by atoms with Crippen LogP contribution in [0.5, 0.6) is 0 Å². The maximum absolute atomic E-state index is 12.8. The molecule has 1 saturated heterocycles. The number of piperidine rings is 1. The Morgan fingerprint density at radius 1 is 1.48 bits per heavy atom. The van der Waals surface area contributed by atoms with Crippen LogP contribution in [0.3, 0.4) is 0 Å². The molecule has 2 aromatic rings. The van der Waals surface area contributed by atoms with Gasteiger partial charge in [-0.3, -0.25) is 9.48 Å². The van der Waals surface area contributed by atoms with E-state index in [2.05, 4.69) is 10.1 Å². The number of carbonyl (C=O) groups is 1. The molecular formula is C16H22N4O2S. The number of hydrogen-bond acceptors (Lipinski definition) is 5. The quantitative estimate of drug-likeness (QED) is 0.928. The van der Waals surface area contributed by atoms with E-state index in [1.54, 1.807) is 4.68 Å². The summed E-state index contributed by atoms with van der Waals surface area (Å²) in [6.07, 6.45) is 3.92. The molecule has 0 aliphatic carbocycles. The lowest BCUT2D eigenvalue weighted by atomic mass is 9.95. The Kier molecular flexibility index (Phi) is 4.77. The third-order valence-electron chi connectivity index (χ3n) is 4.22. The van der Waals surface area contributed by atoms with Crippen LogP contribution in [-0.2, 0) is 6.54 Å². The minimum Gasteiger partial charge on any atom is -0.394 e. The van der Waals surface area contributed by atoms with Crippen molar-refractivity contribution in [1.82, 2.24) is 19.7 Å². The van der Waals surface area contributed by atoms with Gasteiger partial charge in [-0.1, -0.05) is 0 Å². The van der Waals surface area contributed by atoms with Crippen molar-refractivity contribution in [2.45, 2.75) is 39.2 Å². The van der Waals surface area contributed by atoms with Gasteiger partial charge in [-0.25, -0.2) is 4.98 Å². The highest BCUT2D eigenvalue weighted by atomic mass is 32.1. The van der Waals surface area contributed by atoms with Crippen molar-refractivity contribution in [1.29, 1.82) is 0 Å². The van der Waals surface area contributed by atoms with E-state index in [-0.39, 0.29) is 18.4 Å². The van der Waals surface area contributed by atoms with E-state index in [9.17, 15) is 4.79 Å². The zero-order chi connectivity index (χ0) is 16.4. The predicted molar refractivity (Wildman–Crippen MR) is 88.8 cm³/mol. The van der Waals surface area contributed by atoms with Crippen LogP contribution in [0, 0.1) is 13.8 Å². The van der Waals surface area contributed by atoms with Gasteiger partial charge in [0, 0.05) is 25.2 Å². The number of likely N-dealkylation sites (tertiary alicyclic amines) is 1. The smallest absolute Gasteiger partial charge is 0.265 e. The zero-order valence-electron chi connectivity index (χ0n) is 13.5. The Bertz CT molecular complexity index is 694. The van der Waals surface area contributed by atoms with Gasteiger partial charge in [0.1, 0.15) is 4.88 Å². The van der Waals surface area contributed by atoms with E-state index in [0.29, 0.717) is 13.1 Å². The molecule has 0 bridgehead atoms. The average molecular weight is 334 g/mol. The second-order valence-electron chi connectivity index (χ2n) is 5.97. The molecule has 124 valence electrons. The molecule has 1 N–H and O–H groups in total. The van der Waals surface area contributed by atoms with E-state index >= 15 is 0 Å². The first-order valence-corrected chi connectivity index (χ1v) is 8.77. The Labute approximate surface area is 139 Å². The molecule has 1 atom stereocenters. The maximum atomic E-state index is 12.8. The summed E-state index contributed by atoms with van der Waals surface area (Å²) in [6.45, 7) is 5.92. The Morgan fingerprint density at radius 2 is 2.30 bits per heavy atom. The lowest BCUT2D eigenvalue weighted by Gasteiger charge is -2.31. The van der Waals surface area contributed by atoms with Crippen molar-refractivity contribution in [3.8, 4) is 0 Å². The first-order chi connectivity index (χ1) is 11.1. The number of aromatic nitrogens is 3. The van der Waals surface area contributed by atoms with Crippen molar-refractivity contribution in [2.24, 2.45) is 0 Å².